The van der Waals surface area contributed by atoms with Crippen molar-refractivity contribution >= 4 is 17.7 Å². The average molecular weight is 597 g/mol. The summed E-state index contributed by atoms with van der Waals surface area (Å²) < 4.78 is 0. The molecule has 5 rings (SSSR count). The molecule has 2 heterocycles. The highest BCUT2D eigenvalue weighted by Gasteiger charge is 2.46. The number of aromatic nitrogens is 4. The number of tetrazole rings is 1. The molecule has 0 radical (unpaired) electrons. The maximum absolute atomic E-state index is 13.1. The van der Waals surface area contributed by atoms with E-state index in [-0.39, 0.29) is 29.8 Å². The molecule has 230 valence electrons. The number of hydrogen-bond acceptors (Lipinski definition) is 6. The van der Waals surface area contributed by atoms with Crippen molar-refractivity contribution in [2.24, 2.45) is 5.92 Å². The van der Waals surface area contributed by atoms with Crippen molar-refractivity contribution < 1.29 is 14.4 Å². The number of benzene rings is 2. The molecule has 11 heteroatoms. The highest BCUT2D eigenvalue weighted by Crippen LogP contribution is 2.48. The van der Waals surface area contributed by atoms with Crippen LogP contribution in [-0.4, -0.2) is 69.0 Å². The zero-order valence-electron chi connectivity index (χ0n) is 25.7. The van der Waals surface area contributed by atoms with Gasteiger partial charge in [-0.25, -0.2) is 6.57 Å². The summed E-state index contributed by atoms with van der Waals surface area (Å²) in [5, 5.41) is 21.5. The molecule has 1 fully saturated rings. The molecule has 2 atom stereocenters. The number of likely N-dealkylation sites (tertiary alicyclic amines) is 1. The quantitative estimate of drug-likeness (QED) is 0.305. The second-order valence-corrected chi connectivity index (χ2v) is 11.8. The fraction of sp³-hybridized carbons (Fsp3) is 0.485. The Bertz CT molecular complexity index is 1490. The van der Waals surface area contributed by atoms with Crippen molar-refractivity contribution in [2.45, 2.75) is 77.3 Å². The van der Waals surface area contributed by atoms with Gasteiger partial charge in [0.05, 0.1) is 5.41 Å². The molecule has 0 spiro atoms. The van der Waals surface area contributed by atoms with E-state index < -0.39 is 5.41 Å². The summed E-state index contributed by atoms with van der Waals surface area (Å²) in [6.07, 6.45) is 4.10. The van der Waals surface area contributed by atoms with E-state index >= 15 is 0 Å². The Morgan fingerprint density at radius 2 is 1.66 bits per heavy atom. The first-order chi connectivity index (χ1) is 21.3. The second-order valence-electron chi connectivity index (χ2n) is 11.8. The van der Waals surface area contributed by atoms with Crippen molar-refractivity contribution in [3.8, 4) is 0 Å². The monoisotopic (exact) mass is 596 g/mol. The number of nitrogens with one attached hydrogen (secondary N) is 3. The minimum absolute atomic E-state index is 0.0174. The Morgan fingerprint density at radius 1 is 1.05 bits per heavy atom. The minimum Gasteiger partial charge on any atom is -0.352 e. The lowest BCUT2D eigenvalue weighted by atomic mass is 9.66. The predicted octanol–water partition coefficient (Wildman–Crippen LogP) is 3.81. The molecule has 3 aromatic rings. The molecule has 1 aliphatic carbocycles. The molecular formula is C33H40N8O3. The van der Waals surface area contributed by atoms with Gasteiger partial charge >= 0.3 is 6.17 Å². The van der Waals surface area contributed by atoms with Gasteiger partial charge in [0.1, 0.15) is 0 Å². The van der Waals surface area contributed by atoms with E-state index in [4.69, 9.17) is 6.57 Å². The number of aromatic amines is 1. The van der Waals surface area contributed by atoms with E-state index in [1.807, 2.05) is 50.2 Å². The summed E-state index contributed by atoms with van der Waals surface area (Å²) in [5.41, 5.74) is 4.32. The Morgan fingerprint density at radius 3 is 2.18 bits per heavy atom. The molecule has 0 saturated carbocycles. The normalized spacial score (nSPS) is 17.5. The van der Waals surface area contributed by atoms with E-state index in [1.54, 1.807) is 4.90 Å². The number of hydrogen-bond donors (Lipinski definition) is 3. The minimum atomic E-state index is -0.844. The van der Waals surface area contributed by atoms with Gasteiger partial charge in [0.15, 0.2) is 5.82 Å². The van der Waals surface area contributed by atoms with Crippen LogP contribution in [0.25, 0.3) is 4.85 Å². The highest BCUT2D eigenvalue weighted by atomic mass is 16.2. The summed E-state index contributed by atoms with van der Waals surface area (Å²) in [6.45, 7) is 15.1. The summed E-state index contributed by atoms with van der Waals surface area (Å²) >= 11 is 0. The predicted molar refractivity (Wildman–Crippen MR) is 165 cm³/mol. The number of carbonyl (C=O) groups is 3. The zero-order valence-corrected chi connectivity index (χ0v) is 25.7. The Hall–Kier alpha value is -4.59. The Labute approximate surface area is 258 Å². The van der Waals surface area contributed by atoms with Crippen molar-refractivity contribution in [3.05, 3.63) is 87.0 Å². The molecular weight excluding hydrogens is 556 g/mol. The first kappa shape index (κ1) is 30.9. The van der Waals surface area contributed by atoms with Crippen LogP contribution in [0.15, 0.2) is 36.4 Å². The van der Waals surface area contributed by atoms with Gasteiger partial charge in [0.25, 0.3) is 11.8 Å². The third-order valence-electron chi connectivity index (χ3n) is 8.92. The van der Waals surface area contributed by atoms with Crippen LogP contribution in [0.1, 0.15) is 102 Å². The van der Waals surface area contributed by atoms with Crippen LogP contribution < -0.4 is 10.6 Å². The number of fused-ring (bicyclic) bond motifs is 2. The maximum atomic E-state index is 13.1. The van der Waals surface area contributed by atoms with Crippen molar-refractivity contribution in [1.82, 2.24) is 36.2 Å². The first-order valence-corrected chi connectivity index (χ1v) is 15.6. The number of aryl methyl sites for hydroxylation is 2. The van der Waals surface area contributed by atoms with Crippen LogP contribution in [0.4, 0.5) is 0 Å². The molecule has 1 aromatic heterocycles. The van der Waals surface area contributed by atoms with Crippen LogP contribution in [0.3, 0.4) is 0 Å². The molecule has 2 aromatic carbocycles. The fourth-order valence-corrected chi connectivity index (χ4v) is 6.86. The van der Waals surface area contributed by atoms with Gasteiger partial charge in [-0.2, -0.15) is 5.21 Å². The van der Waals surface area contributed by atoms with Crippen molar-refractivity contribution in [1.29, 1.82) is 0 Å². The van der Waals surface area contributed by atoms with Crippen molar-refractivity contribution in [2.75, 3.05) is 19.6 Å². The van der Waals surface area contributed by atoms with Gasteiger partial charge in [-0.1, -0.05) is 24.3 Å². The molecule has 0 unspecified atom stereocenters. The highest BCUT2D eigenvalue weighted by molar-refractivity contribution is 5.95. The maximum Gasteiger partial charge on any atom is 0.300 e. The lowest BCUT2D eigenvalue weighted by molar-refractivity contribution is -0.131. The third-order valence-corrected chi connectivity index (χ3v) is 8.92. The molecule has 1 aliphatic heterocycles. The lowest BCUT2D eigenvalue weighted by Gasteiger charge is -2.36. The van der Waals surface area contributed by atoms with Gasteiger partial charge in [0.2, 0.25) is 5.91 Å². The average Bonchev–Trinajstić information content (AvgIpc) is 3.73. The molecule has 0 bridgehead atoms. The topological polar surface area (TPSA) is 137 Å². The summed E-state index contributed by atoms with van der Waals surface area (Å²) in [5.74, 6) is 0.309. The smallest absolute Gasteiger partial charge is 0.300 e. The molecule has 11 nitrogen and oxygen atoms in total. The van der Waals surface area contributed by atoms with Crippen molar-refractivity contribution in [3.63, 3.8) is 0 Å². The van der Waals surface area contributed by atoms with E-state index in [1.165, 1.54) is 0 Å². The van der Waals surface area contributed by atoms with Crippen LogP contribution in [0, 0.1) is 12.5 Å². The van der Waals surface area contributed by atoms with Crippen LogP contribution in [0.5, 0.6) is 0 Å². The molecule has 3 amide bonds. The van der Waals surface area contributed by atoms with Gasteiger partial charge in [-0.05, 0) is 98.4 Å². The Kier molecular flexibility index (Phi) is 9.37. The lowest BCUT2D eigenvalue weighted by Crippen LogP contribution is -2.36. The third kappa shape index (κ3) is 5.94. The van der Waals surface area contributed by atoms with E-state index in [9.17, 15) is 14.4 Å². The van der Waals surface area contributed by atoms with Crippen LogP contribution in [-0.2, 0) is 23.1 Å². The molecule has 2 aliphatic rings. The number of nitrogens with zero attached hydrogens (tertiary/aromatic N) is 5. The van der Waals surface area contributed by atoms with Gasteiger partial charge < -0.3 is 10.6 Å². The van der Waals surface area contributed by atoms with Gasteiger partial charge in [-0.15, -0.1) is 10.2 Å². The number of amides is 3. The number of rotatable bonds is 10. The number of H-pyrrole nitrogens is 1. The summed E-state index contributed by atoms with van der Waals surface area (Å²) in [4.78, 5) is 44.2. The molecule has 1 saturated heterocycles. The van der Waals surface area contributed by atoms with E-state index in [2.05, 4.69) is 43.0 Å². The van der Waals surface area contributed by atoms with Gasteiger partial charge in [0, 0.05) is 43.6 Å². The number of carbonyl (C=O) groups excluding carboxylic acids is 3. The Balaban J connectivity index is 1.58. The van der Waals surface area contributed by atoms with E-state index in [0.29, 0.717) is 68.7 Å². The largest absolute Gasteiger partial charge is 0.352 e. The van der Waals surface area contributed by atoms with Crippen LogP contribution in [0.2, 0.25) is 0 Å². The van der Waals surface area contributed by atoms with Gasteiger partial charge in [-0.3, -0.25) is 24.1 Å². The fourth-order valence-electron chi connectivity index (χ4n) is 6.86. The standard InChI is InChI=1S/C33H40N8O3/c1-5-35-30(43)24-12-14-26-22(18-24)10-11-23-19-25(31(44)36-6-2)13-15-27(23)33(26,32-37-39-40-38-32)20-21(3)9-16-29(42)41-17-7-8-28(41)34-4/h12-15,18-19,21,28H,5-11,16-17,20H2,1-3H3,(H,35,43)(H,36,44)(H,37,38,39,40)/t21-,28+/m1/s1. The summed E-state index contributed by atoms with van der Waals surface area (Å²) in [6, 6.07) is 11.6. The first-order valence-electron chi connectivity index (χ1n) is 15.6. The SMILES string of the molecule is [C-]#[N+][C@@H]1CCCN1C(=O)CC[C@@H](C)CC1(c2nn[nH]n2)c2ccc(C(=O)NCC)cc2CCc2cc(C(=O)NCC)ccc21. The summed E-state index contributed by atoms with van der Waals surface area (Å²) in [7, 11) is 0. The van der Waals surface area contributed by atoms with Crippen LogP contribution >= 0.6 is 0 Å². The zero-order chi connectivity index (χ0) is 31.3. The molecule has 44 heavy (non-hydrogen) atoms. The molecule has 3 N–H and O–H groups in total. The van der Waals surface area contributed by atoms with E-state index in [0.717, 1.165) is 35.1 Å². The second kappa shape index (κ2) is 13.4.